The monoisotopic (exact) mass is 370 g/mol. The summed E-state index contributed by atoms with van der Waals surface area (Å²) in [6, 6.07) is 0. The number of carbonyl (C=O) groups is 2. The number of rotatable bonds is 18. The molecule has 0 rings (SSSR count). The van der Waals surface area contributed by atoms with Gasteiger partial charge in [-0.3, -0.25) is 4.79 Å². The summed E-state index contributed by atoms with van der Waals surface area (Å²) in [5.74, 6) is -3.28. The summed E-state index contributed by atoms with van der Waals surface area (Å²) in [4.78, 5) is 21.9. The molecule has 2 atom stereocenters. The highest BCUT2D eigenvalue weighted by Gasteiger charge is 2.24. The van der Waals surface area contributed by atoms with E-state index in [1.165, 1.54) is 44.9 Å². The normalized spacial score (nSPS) is 13.3. The van der Waals surface area contributed by atoms with Gasteiger partial charge < -0.3 is 15.3 Å². The molecule has 0 radical (unpaired) electrons. The molecule has 0 fully saturated rings. The van der Waals surface area contributed by atoms with E-state index in [9.17, 15) is 14.7 Å². The van der Waals surface area contributed by atoms with Crippen molar-refractivity contribution < 1.29 is 24.9 Å². The van der Waals surface area contributed by atoms with E-state index in [1.807, 2.05) is 6.92 Å². The molecule has 0 spiro atoms. The van der Waals surface area contributed by atoms with Crippen LogP contribution in [0.2, 0.25) is 0 Å². The molecule has 0 saturated heterocycles. The first-order valence-electron chi connectivity index (χ1n) is 10.2. The van der Waals surface area contributed by atoms with Gasteiger partial charge in [-0.05, 0) is 19.8 Å². The van der Waals surface area contributed by atoms with Crippen LogP contribution in [0.5, 0.6) is 0 Å². The molecule has 0 aliphatic carbocycles. The van der Waals surface area contributed by atoms with Crippen molar-refractivity contribution in [3.05, 3.63) is 12.2 Å². The number of unbranched alkanes of at least 4 members (excludes halogenated alkanes) is 11. The van der Waals surface area contributed by atoms with Crippen LogP contribution in [-0.2, 0) is 9.59 Å². The van der Waals surface area contributed by atoms with Gasteiger partial charge in [0.2, 0.25) is 0 Å². The maximum atomic E-state index is 11.1. The molecular weight excluding hydrogens is 332 g/mol. The van der Waals surface area contributed by atoms with Crippen molar-refractivity contribution in [3.8, 4) is 0 Å². The molecule has 5 nitrogen and oxygen atoms in total. The second-order valence-corrected chi connectivity index (χ2v) is 7.39. The number of aliphatic carboxylic acids is 2. The van der Waals surface area contributed by atoms with E-state index >= 15 is 0 Å². The Balaban J connectivity index is 3.44. The highest BCUT2D eigenvalue weighted by Crippen LogP contribution is 2.19. The summed E-state index contributed by atoms with van der Waals surface area (Å²) in [7, 11) is 0. The predicted octanol–water partition coefficient (Wildman–Crippen LogP) is 5.17. The molecule has 0 heterocycles. The molecule has 0 amide bonds. The van der Waals surface area contributed by atoms with Gasteiger partial charge in [0.15, 0.2) is 0 Å². The maximum absolute atomic E-state index is 11.1. The molecule has 3 N–H and O–H groups in total. The van der Waals surface area contributed by atoms with Crippen LogP contribution >= 0.6 is 0 Å². The first kappa shape index (κ1) is 24.6. The standard InChI is InChI=1S/C21H38O5/c1-17(22)15-13-11-9-7-5-3-4-6-8-10-12-14-16-19(21(25)26)18(2)20(23)24/h17,19,22H,2-16H2,1H3,(H,23,24)(H,25,26)/t17-,19+/m0/s1. The van der Waals surface area contributed by atoms with Crippen LogP contribution in [-0.4, -0.2) is 33.4 Å². The van der Waals surface area contributed by atoms with Crippen LogP contribution in [0.25, 0.3) is 0 Å². The van der Waals surface area contributed by atoms with Crippen LogP contribution in [0.15, 0.2) is 12.2 Å². The third-order valence-corrected chi connectivity index (χ3v) is 4.86. The lowest BCUT2D eigenvalue weighted by Gasteiger charge is -2.11. The predicted molar refractivity (Wildman–Crippen MR) is 104 cm³/mol. The molecule has 152 valence electrons. The van der Waals surface area contributed by atoms with E-state index in [2.05, 4.69) is 6.58 Å². The fourth-order valence-electron chi connectivity index (χ4n) is 3.15. The summed E-state index contributed by atoms with van der Waals surface area (Å²) in [6.45, 7) is 5.22. The summed E-state index contributed by atoms with van der Waals surface area (Å²) in [5.41, 5.74) is -0.219. The Kier molecular flexibility index (Phi) is 15.0. The fraction of sp³-hybridized carbons (Fsp3) is 0.810. The zero-order chi connectivity index (χ0) is 19.8. The molecule has 0 bridgehead atoms. The van der Waals surface area contributed by atoms with Crippen molar-refractivity contribution >= 4 is 11.9 Å². The van der Waals surface area contributed by atoms with Crippen molar-refractivity contribution in [2.75, 3.05) is 0 Å². The molecular formula is C21H38O5. The smallest absolute Gasteiger partial charge is 0.331 e. The van der Waals surface area contributed by atoms with Crippen LogP contribution < -0.4 is 0 Å². The lowest BCUT2D eigenvalue weighted by molar-refractivity contribution is -0.144. The second kappa shape index (κ2) is 15.9. The minimum atomic E-state index is -1.22. The molecule has 0 aromatic carbocycles. The molecule has 0 aromatic rings. The molecule has 0 saturated carbocycles. The maximum Gasteiger partial charge on any atom is 0.331 e. The highest BCUT2D eigenvalue weighted by molar-refractivity contribution is 5.93. The van der Waals surface area contributed by atoms with E-state index in [-0.39, 0.29) is 11.7 Å². The lowest BCUT2D eigenvalue weighted by Crippen LogP contribution is -2.20. The summed E-state index contributed by atoms with van der Waals surface area (Å²) < 4.78 is 0. The van der Waals surface area contributed by atoms with Crippen LogP contribution in [0.3, 0.4) is 0 Å². The quantitative estimate of drug-likeness (QED) is 0.228. The van der Waals surface area contributed by atoms with Crippen LogP contribution in [0, 0.1) is 5.92 Å². The van der Waals surface area contributed by atoms with E-state index in [0.29, 0.717) is 6.42 Å². The van der Waals surface area contributed by atoms with Crippen LogP contribution in [0.4, 0.5) is 0 Å². The van der Waals surface area contributed by atoms with E-state index in [1.54, 1.807) is 0 Å². The van der Waals surface area contributed by atoms with Crippen molar-refractivity contribution in [3.63, 3.8) is 0 Å². The second-order valence-electron chi connectivity index (χ2n) is 7.39. The van der Waals surface area contributed by atoms with Gasteiger partial charge in [-0.2, -0.15) is 0 Å². The van der Waals surface area contributed by atoms with Gasteiger partial charge in [-0.25, -0.2) is 4.79 Å². The fourth-order valence-corrected chi connectivity index (χ4v) is 3.15. The number of hydrogen-bond acceptors (Lipinski definition) is 3. The minimum absolute atomic E-state index is 0.166. The van der Waals surface area contributed by atoms with Gasteiger partial charge in [0.25, 0.3) is 0 Å². The Bertz CT molecular complexity index is 403. The average molecular weight is 371 g/mol. The Hall–Kier alpha value is -1.36. The summed E-state index contributed by atoms with van der Waals surface area (Å²) >= 11 is 0. The molecule has 0 aliphatic heterocycles. The topological polar surface area (TPSA) is 94.8 Å². The molecule has 0 aromatic heterocycles. The average Bonchev–Trinajstić information content (AvgIpc) is 2.57. The summed E-state index contributed by atoms with van der Waals surface area (Å²) in [6.07, 6.45) is 14.9. The Morgan fingerprint density at radius 1 is 0.731 bits per heavy atom. The van der Waals surface area contributed by atoms with Gasteiger partial charge >= 0.3 is 11.9 Å². The van der Waals surface area contributed by atoms with E-state index in [0.717, 1.165) is 38.5 Å². The number of aliphatic hydroxyl groups is 1. The zero-order valence-corrected chi connectivity index (χ0v) is 16.4. The Morgan fingerprint density at radius 3 is 1.38 bits per heavy atom. The third-order valence-electron chi connectivity index (χ3n) is 4.86. The van der Waals surface area contributed by atoms with Crippen LogP contribution in [0.1, 0.15) is 96.8 Å². The lowest BCUT2D eigenvalue weighted by atomic mass is 9.93. The number of carboxylic acids is 2. The van der Waals surface area contributed by atoms with Crippen molar-refractivity contribution in [1.82, 2.24) is 0 Å². The molecule has 0 unspecified atom stereocenters. The molecule has 5 heteroatoms. The number of aliphatic hydroxyl groups excluding tert-OH is 1. The van der Waals surface area contributed by atoms with Gasteiger partial charge in [0.05, 0.1) is 12.0 Å². The SMILES string of the molecule is C=C(C(=O)O)[C@@H](CCCCCCCCCCCCCC[C@H](C)O)C(=O)O. The Labute approximate surface area is 158 Å². The van der Waals surface area contributed by atoms with Crippen molar-refractivity contribution in [1.29, 1.82) is 0 Å². The van der Waals surface area contributed by atoms with E-state index in [4.69, 9.17) is 10.2 Å². The largest absolute Gasteiger partial charge is 0.481 e. The van der Waals surface area contributed by atoms with Gasteiger partial charge in [0, 0.05) is 5.57 Å². The van der Waals surface area contributed by atoms with Gasteiger partial charge in [-0.15, -0.1) is 0 Å². The molecule has 26 heavy (non-hydrogen) atoms. The van der Waals surface area contributed by atoms with Gasteiger partial charge in [0.1, 0.15) is 0 Å². The third kappa shape index (κ3) is 13.9. The number of hydrogen-bond donors (Lipinski definition) is 3. The minimum Gasteiger partial charge on any atom is -0.481 e. The Morgan fingerprint density at radius 2 is 1.08 bits per heavy atom. The first-order chi connectivity index (χ1) is 12.4. The first-order valence-corrected chi connectivity index (χ1v) is 10.2. The van der Waals surface area contributed by atoms with Crippen molar-refractivity contribution in [2.24, 2.45) is 5.92 Å². The van der Waals surface area contributed by atoms with E-state index < -0.39 is 17.9 Å². The zero-order valence-electron chi connectivity index (χ0n) is 16.4. The molecule has 0 aliphatic rings. The number of carboxylic acid groups (broad SMARTS) is 2. The highest BCUT2D eigenvalue weighted by atomic mass is 16.4. The van der Waals surface area contributed by atoms with Gasteiger partial charge in [-0.1, -0.05) is 83.6 Å². The van der Waals surface area contributed by atoms with Crippen molar-refractivity contribution in [2.45, 2.75) is 103 Å². The summed E-state index contributed by atoms with van der Waals surface area (Å²) in [5, 5.41) is 27.1.